The van der Waals surface area contributed by atoms with E-state index in [1.807, 2.05) is 0 Å². The number of benzene rings is 2. The number of hydrogen-bond donors (Lipinski definition) is 0. The number of hydrogen-bond acceptors (Lipinski definition) is 2. The second kappa shape index (κ2) is 5.61. The maximum atomic E-state index is 13.7. The molecule has 0 saturated heterocycles. The Morgan fingerprint density at radius 2 is 1.74 bits per heavy atom. The van der Waals surface area contributed by atoms with Gasteiger partial charge in [-0.15, -0.1) is 0 Å². The molecule has 2 aromatic rings. The van der Waals surface area contributed by atoms with Gasteiger partial charge in [0, 0.05) is 6.42 Å². The van der Waals surface area contributed by atoms with E-state index >= 15 is 0 Å². The van der Waals surface area contributed by atoms with Crippen LogP contribution in [0.1, 0.15) is 15.9 Å². The Bertz CT molecular complexity index is 609. The van der Waals surface area contributed by atoms with Crippen molar-refractivity contribution in [1.82, 2.24) is 0 Å². The molecule has 0 atom stereocenters. The van der Waals surface area contributed by atoms with Gasteiger partial charge in [-0.1, -0.05) is 24.3 Å². The number of Topliss-reactive ketones (excluding diaryl/α,β-unsaturated/α-hetero) is 1. The summed E-state index contributed by atoms with van der Waals surface area (Å²) in [5.74, 6) is -1.51. The molecule has 98 valence electrons. The zero-order valence-electron chi connectivity index (χ0n) is 10.3. The van der Waals surface area contributed by atoms with Crippen molar-refractivity contribution < 1.29 is 18.3 Å². The number of ketones is 1. The average Bonchev–Trinajstić information content (AvgIpc) is 2.40. The van der Waals surface area contributed by atoms with Gasteiger partial charge in [0.1, 0.15) is 17.4 Å². The first-order valence-corrected chi connectivity index (χ1v) is 5.72. The number of rotatable bonds is 4. The van der Waals surface area contributed by atoms with Crippen LogP contribution in [-0.2, 0) is 6.42 Å². The summed E-state index contributed by atoms with van der Waals surface area (Å²) in [6.07, 6.45) is -0.204. The Labute approximate surface area is 109 Å². The lowest BCUT2D eigenvalue weighted by molar-refractivity contribution is 0.0985. The van der Waals surface area contributed by atoms with Crippen LogP contribution in [0.25, 0.3) is 0 Å². The molecule has 0 fully saturated rings. The first-order chi connectivity index (χ1) is 9.13. The van der Waals surface area contributed by atoms with Gasteiger partial charge >= 0.3 is 0 Å². The number of methoxy groups -OCH3 is 1. The minimum absolute atomic E-state index is 0.145. The third-order valence-corrected chi connectivity index (χ3v) is 2.78. The standard InChI is InChI=1S/C15H12F2O2/c1-19-14-8-4-7-12(17)15(14)13(18)9-10-5-2-3-6-11(10)16/h2-8H,9H2,1H3. The smallest absolute Gasteiger partial charge is 0.174 e. The summed E-state index contributed by atoms with van der Waals surface area (Å²) in [7, 11) is 1.36. The quantitative estimate of drug-likeness (QED) is 0.789. The van der Waals surface area contributed by atoms with Gasteiger partial charge < -0.3 is 4.74 Å². The molecule has 0 aliphatic heterocycles. The average molecular weight is 262 g/mol. The van der Waals surface area contributed by atoms with E-state index < -0.39 is 17.4 Å². The Hall–Kier alpha value is -2.23. The SMILES string of the molecule is COc1cccc(F)c1C(=O)Cc1ccccc1F. The summed E-state index contributed by atoms with van der Waals surface area (Å²) in [5, 5.41) is 0. The highest BCUT2D eigenvalue weighted by molar-refractivity contribution is 6.00. The summed E-state index contributed by atoms with van der Waals surface area (Å²) in [5.41, 5.74) is 0.0889. The van der Waals surface area contributed by atoms with Crippen LogP contribution in [0.3, 0.4) is 0 Å². The van der Waals surface area contributed by atoms with Gasteiger partial charge in [-0.25, -0.2) is 8.78 Å². The van der Waals surface area contributed by atoms with Crippen LogP contribution in [-0.4, -0.2) is 12.9 Å². The maximum absolute atomic E-state index is 13.7. The van der Waals surface area contributed by atoms with Crippen LogP contribution in [0, 0.1) is 11.6 Å². The number of carbonyl (C=O) groups excluding carboxylic acids is 1. The summed E-state index contributed by atoms with van der Waals surface area (Å²) >= 11 is 0. The van der Waals surface area contributed by atoms with Crippen LogP contribution in [0.5, 0.6) is 5.75 Å². The molecule has 0 aromatic heterocycles. The van der Waals surface area contributed by atoms with Crippen LogP contribution in [0.15, 0.2) is 42.5 Å². The molecule has 0 spiro atoms. The molecule has 0 bridgehead atoms. The molecule has 2 aromatic carbocycles. The Balaban J connectivity index is 2.33. The second-order valence-corrected chi connectivity index (χ2v) is 4.01. The van der Waals surface area contributed by atoms with E-state index in [4.69, 9.17) is 4.74 Å². The number of carbonyl (C=O) groups is 1. The van der Waals surface area contributed by atoms with E-state index in [9.17, 15) is 13.6 Å². The van der Waals surface area contributed by atoms with E-state index in [1.165, 1.54) is 43.5 Å². The first kappa shape index (κ1) is 13.2. The third-order valence-electron chi connectivity index (χ3n) is 2.78. The highest BCUT2D eigenvalue weighted by Crippen LogP contribution is 2.23. The molecule has 0 amide bonds. The van der Waals surface area contributed by atoms with Gasteiger partial charge in [-0.2, -0.15) is 0 Å². The van der Waals surface area contributed by atoms with Crippen LogP contribution in [0.2, 0.25) is 0 Å². The van der Waals surface area contributed by atoms with Crippen LogP contribution >= 0.6 is 0 Å². The molecule has 2 rings (SSSR count). The molecule has 19 heavy (non-hydrogen) atoms. The molecule has 0 N–H and O–H groups in total. The van der Waals surface area contributed by atoms with Gasteiger partial charge in [0.15, 0.2) is 5.78 Å². The molecule has 0 saturated carbocycles. The van der Waals surface area contributed by atoms with Gasteiger partial charge in [0.05, 0.1) is 12.7 Å². The van der Waals surface area contributed by atoms with Crippen LogP contribution < -0.4 is 4.74 Å². The van der Waals surface area contributed by atoms with Crippen molar-refractivity contribution in [3.05, 3.63) is 65.2 Å². The van der Waals surface area contributed by atoms with Gasteiger partial charge in [0.2, 0.25) is 0 Å². The third kappa shape index (κ3) is 2.78. The fourth-order valence-electron chi connectivity index (χ4n) is 1.85. The zero-order chi connectivity index (χ0) is 13.8. The molecule has 0 unspecified atom stereocenters. The number of halogens is 2. The van der Waals surface area contributed by atoms with E-state index in [2.05, 4.69) is 0 Å². The molecule has 0 heterocycles. The van der Waals surface area contributed by atoms with Crippen molar-refractivity contribution in [3.63, 3.8) is 0 Å². The summed E-state index contributed by atoms with van der Waals surface area (Å²) in [6.45, 7) is 0. The number of ether oxygens (including phenoxy) is 1. The molecule has 0 radical (unpaired) electrons. The summed E-state index contributed by atoms with van der Waals surface area (Å²) in [4.78, 5) is 12.1. The highest BCUT2D eigenvalue weighted by Gasteiger charge is 2.18. The van der Waals surface area contributed by atoms with Crippen molar-refractivity contribution in [3.8, 4) is 5.75 Å². The van der Waals surface area contributed by atoms with Crippen molar-refractivity contribution >= 4 is 5.78 Å². The van der Waals surface area contributed by atoms with Crippen LogP contribution in [0.4, 0.5) is 8.78 Å². The van der Waals surface area contributed by atoms with Crippen molar-refractivity contribution in [2.24, 2.45) is 0 Å². The predicted octanol–water partition coefficient (Wildman–Crippen LogP) is 3.40. The summed E-state index contributed by atoms with van der Waals surface area (Å²) in [6, 6.07) is 10.1. The lowest BCUT2D eigenvalue weighted by atomic mass is 10.0. The lowest BCUT2D eigenvalue weighted by Gasteiger charge is -2.08. The molecule has 4 heteroatoms. The lowest BCUT2D eigenvalue weighted by Crippen LogP contribution is -2.09. The van der Waals surface area contributed by atoms with E-state index in [0.717, 1.165) is 0 Å². The van der Waals surface area contributed by atoms with E-state index in [0.29, 0.717) is 0 Å². The highest BCUT2D eigenvalue weighted by atomic mass is 19.1. The van der Waals surface area contributed by atoms with Crippen molar-refractivity contribution in [1.29, 1.82) is 0 Å². The first-order valence-electron chi connectivity index (χ1n) is 5.72. The maximum Gasteiger partial charge on any atom is 0.174 e. The second-order valence-electron chi connectivity index (χ2n) is 4.01. The molecular weight excluding hydrogens is 250 g/mol. The minimum atomic E-state index is -0.666. The summed E-state index contributed by atoms with van der Waals surface area (Å²) < 4.78 is 32.1. The van der Waals surface area contributed by atoms with Crippen molar-refractivity contribution in [2.45, 2.75) is 6.42 Å². The van der Waals surface area contributed by atoms with Gasteiger partial charge in [-0.3, -0.25) is 4.79 Å². The largest absolute Gasteiger partial charge is 0.496 e. The predicted molar refractivity (Wildman–Crippen MR) is 67.4 cm³/mol. The minimum Gasteiger partial charge on any atom is -0.496 e. The molecular formula is C15H12F2O2. The fraction of sp³-hybridized carbons (Fsp3) is 0.133. The molecule has 2 nitrogen and oxygen atoms in total. The Morgan fingerprint density at radius 1 is 1.05 bits per heavy atom. The topological polar surface area (TPSA) is 26.3 Å². The zero-order valence-corrected chi connectivity index (χ0v) is 10.3. The van der Waals surface area contributed by atoms with E-state index in [1.54, 1.807) is 6.07 Å². The van der Waals surface area contributed by atoms with E-state index in [-0.39, 0.29) is 23.3 Å². The Kier molecular flexibility index (Phi) is 3.90. The van der Waals surface area contributed by atoms with Gasteiger partial charge in [0.25, 0.3) is 0 Å². The molecule has 0 aliphatic rings. The Morgan fingerprint density at radius 3 is 2.42 bits per heavy atom. The molecule has 0 aliphatic carbocycles. The monoisotopic (exact) mass is 262 g/mol. The normalized spacial score (nSPS) is 10.3. The van der Waals surface area contributed by atoms with Gasteiger partial charge in [-0.05, 0) is 23.8 Å². The fourth-order valence-corrected chi connectivity index (χ4v) is 1.85. The van der Waals surface area contributed by atoms with Crippen molar-refractivity contribution in [2.75, 3.05) is 7.11 Å².